The summed E-state index contributed by atoms with van der Waals surface area (Å²) in [6.45, 7) is 0. The Morgan fingerprint density at radius 2 is 1.47 bits per heavy atom. The number of hydrogen-bond acceptors (Lipinski definition) is 1. The molecule has 1 aliphatic rings. The average Bonchev–Trinajstić information content (AvgIpc) is 3.18. The molecule has 82 valence electrons. The van der Waals surface area contributed by atoms with E-state index in [1.165, 1.54) is 5.56 Å². The molecule has 0 N–H and O–H groups in total. The van der Waals surface area contributed by atoms with E-state index >= 15 is 0 Å². The Balaban J connectivity index is 1.69. The molecule has 1 aliphatic heterocycles. The Morgan fingerprint density at radius 1 is 0.824 bits per heavy atom. The van der Waals surface area contributed by atoms with E-state index < -0.39 is 0 Å². The topological polar surface area (TPSA) is 12.5 Å². The standard InChI is InChI=1S/C16H12O/c1-3-7-13(8-4-1)11-12-15-16(17-15)14-9-5-2-6-10-14/h1-10,15-16H. The van der Waals surface area contributed by atoms with E-state index in [0.717, 1.165) is 5.56 Å². The lowest BCUT2D eigenvalue weighted by atomic mass is 10.1. The minimum Gasteiger partial charge on any atom is -0.351 e. The molecule has 1 heteroatoms. The molecule has 0 amide bonds. The first-order chi connectivity index (χ1) is 8.43. The fourth-order valence-electron chi connectivity index (χ4n) is 1.79. The van der Waals surface area contributed by atoms with Gasteiger partial charge < -0.3 is 4.74 Å². The molecule has 0 aromatic heterocycles. The molecule has 0 aliphatic carbocycles. The minimum atomic E-state index is 0.0533. The van der Waals surface area contributed by atoms with Gasteiger partial charge in [-0.15, -0.1) is 0 Å². The third kappa shape index (κ3) is 2.38. The number of benzene rings is 2. The fourth-order valence-corrected chi connectivity index (χ4v) is 1.79. The second-order valence-corrected chi connectivity index (χ2v) is 4.02. The van der Waals surface area contributed by atoms with Crippen molar-refractivity contribution in [3.63, 3.8) is 0 Å². The van der Waals surface area contributed by atoms with Crippen molar-refractivity contribution in [3.05, 3.63) is 71.8 Å². The van der Waals surface area contributed by atoms with Gasteiger partial charge in [0.05, 0.1) is 0 Å². The van der Waals surface area contributed by atoms with Crippen molar-refractivity contribution < 1.29 is 4.74 Å². The van der Waals surface area contributed by atoms with Crippen molar-refractivity contribution >= 4 is 0 Å². The summed E-state index contributed by atoms with van der Waals surface area (Å²) < 4.78 is 5.55. The summed E-state index contributed by atoms with van der Waals surface area (Å²) in [4.78, 5) is 0. The van der Waals surface area contributed by atoms with Crippen molar-refractivity contribution in [1.82, 2.24) is 0 Å². The van der Waals surface area contributed by atoms with Crippen molar-refractivity contribution in [2.45, 2.75) is 12.2 Å². The van der Waals surface area contributed by atoms with E-state index in [0.29, 0.717) is 0 Å². The first kappa shape index (κ1) is 10.1. The highest BCUT2D eigenvalue weighted by Crippen LogP contribution is 2.37. The number of rotatable bonds is 1. The van der Waals surface area contributed by atoms with Crippen LogP contribution in [0, 0.1) is 11.8 Å². The van der Waals surface area contributed by atoms with Gasteiger partial charge in [0, 0.05) is 5.56 Å². The molecule has 0 saturated carbocycles. The molecule has 1 heterocycles. The maximum absolute atomic E-state index is 5.55. The van der Waals surface area contributed by atoms with E-state index in [9.17, 15) is 0 Å². The van der Waals surface area contributed by atoms with Gasteiger partial charge in [-0.1, -0.05) is 60.4 Å². The van der Waals surface area contributed by atoms with Crippen LogP contribution in [0.25, 0.3) is 0 Å². The minimum absolute atomic E-state index is 0.0533. The van der Waals surface area contributed by atoms with Crippen molar-refractivity contribution in [3.8, 4) is 11.8 Å². The highest BCUT2D eigenvalue weighted by atomic mass is 16.6. The summed E-state index contributed by atoms with van der Waals surface area (Å²) in [6, 6.07) is 20.2. The van der Waals surface area contributed by atoms with E-state index in [1.54, 1.807) is 0 Å². The molecular weight excluding hydrogens is 208 g/mol. The monoisotopic (exact) mass is 220 g/mol. The van der Waals surface area contributed by atoms with Crippen LogP contribution >= 0.6 is 0 Å². The quantitative estimate of drug-likeness (QED) is 0.531. The highest BCUT2D eigenvalue weighted by molar-refractivity contribution is 5.37. The Kier molecular flexibility index (Phi) is 2.65. The Hall–Kier alpha value is -2.04. The number of epoxide rings is 1. The molecule has 1 saturated heterocycles. The zero-order valence-corrected chi connectivity index (χ0v) is 9.34. The van der Waals surface area contributed by atoms with Crippen molar-refractivity contribution in [2.24, 2.45) is 0 Å². The Morgan fingerprint density at radius 3 is 2.18 bits per heavy atom. The lowest BCUT2D eigenvalue weighted by Gasteiger charge is -1.91. The first-order valence-electron chi connectivity index (χ1n) is 5.70. The van der Waals surface area contributed by atoms with Crippen LogP contribution in [0.5, 0.6) is 0 Å². The fraction of sp³-hybridized carbons (Fsp3) is 0.125. The summed E-state index contributed by atoms with van der Waals surface area (Å²) in [5.74, 6) is 6.28. The van der Waals surface area contributed by atoms with Gasteiger partial charge in [-0.25, -0.2) is 0 Å². The average molecular weight is 220 g/mol. The first-order valence-corrected chi connectivity index (χ1v) is 5.70. The van der Waals surface area contributed by atoms with Gasteiger partial charge in [-0.3, -0.25) is 0 Å². The van der Waals surface area contributed by atoms with E-state index in [-0.39, 0.29) is 12.2 Å². The van der Waals surface area contributed by atoms with Gasteiger partial charge in [-0.2, -0.15) is 0 Å². The Bertz CT molecular complexity index is 548. The Labute approximate surface area is 101 Å². The zero-order chi connectivity index (χ0) is 11.5. The molecule has 2 aromatic carbocycles. The van der Waals surface area contributed by atoms with Gasteiger partial charge in [0.15, 0.2) is 0 Å². The summed E-state index contributed by atoms with van der Waals surface area (Å²) in [6.07, 6.45) is 0.213. The summed E-state index contributed by atoms with van der Waals surface area (Å²) in [5, 5.41) is 0. The molecular formula is C16H12O. The van der Waals surface area contributed by atoms with Crippen LogP contribution in [-0.4, -0.2) is 6.10 Å². The smallest absolute Gasteiger partial charge is 0.149 e. The maximum Gasteiger partial charge on any atom is 0.149 e. The van der Waals surface area contributed by atoms with Gasteiger partial charge in [0.1, 0.15) is 12.2 Å². The van der Waals surface area contributed by atoms with Crippen LogP contribution in [0.3, 0.4) is 0 Å². The molecule has 0 bridgehead atoms. The number of hydrogen-bond donors (Lipinski definition) is 0. The van der Waals surface area contributed by atoms with Crippen LogP contribution in [0.4, 0.5) is 0 Å². The molecule has 0 radical (unpaired) electrons. The van der Waals surface area contributed by atoms with E-state index in [1.807, 2.05) is 48.5 Å². The lowest BCUT2D eigenvalue weighted by Crippen LogP contribution is -1.84. The van der Waals surface area contributed by atoms with E-state index in [2.05, 4.69) is 24.0 Å². The van der Waals surface area contributed by atoms with Crippen LogP contribution in [0.2, 0.25) is 0 Å². The van der Waals surface area contributed by atoms with Gasteiger partial charge in [0.2, 0.25) is 0 Å². The predicted octanol–water partition coefficient (Wildman–Crippen LogP) is 3.18. The van der Waals surface area contributed by atoms with Crippen LogP contribution in [0.1, 0.15) is 17.2 Å². The van der Waals surface area contributed by atoms with Gasteiger partial charge in [0.25, 0.3) is 0 Å². The summed E-state index contributed by atoms with van der Waals surface area (Å²) in [7, 11) is 0. The number of ether oxygens (including phenoxy) is 1. The molecule has 2 aromatic rings. The van der Waals surface area contributed by atoms with Gasteiger partial charge in [-0.05, 0) is 17.7 Å². The lowest BCUT2D eigenvalue weighted by molar-refractivity contribution is 0.397. The SMILES string of the molecule is C(#CC1OC1c1ccccc1)c1ccccc1. The second-order valence-electron chi connectivity index (χ2n) is 4.02. The highest BCUT2D eigenvalue weighted by Gasteiger charge is 2.38. The van der Waals surface area contributed by atoms with E-state index in [4.69, 9.17) is 4.74 Å². The molecule has 2 unspecified atom stereocenters. The largest absolute Gasteiger partial charge is 0.351 e. The van der Waals surface area contributed by atoms with Crippen LogP contribution in [-0.2, 0) is 4.74 Å². The van der Waals surface area contributed by atoms with Crippen LogP contribution in [0.15, 0.2) is 60.7 Å². The molecule has 1 nitrogen and oxygen atoms in total. The second kappa shape index (κ2) is 4.45. The molecule has 3 rings (SSSR count). The van der Waals surface area contributed by atoms with Crippen molar-refractivity contribution in [1.29, 1.82) is 0 Å². The summed E-state index contributed by atoms with van der Waals surface area (Å²) >= 11 is 0. The molecule has 17 heavy (non-hydrogen) atoms. The molecule has 1 fully saturated rings. The van der Waals surface area contributed by atoms with Gasteiger partial charge >= 0.3 is 0 Å². The maximum atomic E-state index is 5.55. The van der Waals surface area contributed by atoms with Crippen molar-refractivity contribution in [2.75, 3.05) is 0 Å². The third-order valence-electron chi connectivity index (χ3n) is 2.75. The van der Waals surface area contributed by atoms with Crippen LogP contribution < -0.4 is 0 Å². The third-order valence-corrected chi connectivity index (χ3v) is 2.75. The molecule has 0 spiro atoms. The summed E-state index contributed by atoms with van der Waals surface area (Å²) in [5.41, 5.74) is 2.25. The zero-order valence-electron chi connectivity index (χ0n) is 9.34. The predicted molar refractivity (Wildman–Crippen MR) is 67.4 cm³/mol. The molecule has 2 atom stereocenters. The normalized spacial score (nSPS) is 21.4.